The predicted molar refractivity (Wildman–Crippen MR) is 110 cm³/mol. The van der Waals surface area contributed by atoms with E-state index in [0.29, 0.717) is 0 Å². The van der Waals surface area contributed by atoms with Crippen molar-refractivity contribution in [3.05, 3.63) is 71.8 Å². The summed E-state index contributed by atoms with van der Waals surface area (Å²) in [6.07, 6.45) is 2.90. The summed E-state index contributed by atoms with van der Waals surface area (Å²) < 4.78 is 9.76. The summed E-state index contributed by atoms with van der Waals surface area (Å²) in [6, 6.07) is 15.5. The number of amides is 2. The van der Waals surface area contributed by atoms with Crippen LogP contribution in [0.2, 0.25) is 0 Å². The van der Waals surface area contributed by atoms with Crippen LogP contribution in [0.3, 0.4) is 0 Å². The van der Waals surface area contributed by atoms with Gasteiger partial charge in [0.15, 0.2) is 6.61 Å². The lowest BCUT2D eigenvalue weighted by molar-refractivity contribution is -0.146. The molecule has 0 aromatic heterocycles. The maximum absolute atomic E-state index is 12.0. The van der Waals surface area contributed by atoms with Crippen LogP contribution in [-0.4, -0.2) is 43.5 Å². The summed E-state index contributed by atoms with van der Waals surface area (Å²) >= 11 is 0. The molecule has 2 amide bonds. The van der Waals surface area contributed by atoms with Gasteiger partial charge >= 0.3 is 11.9 Å². The van der Waals surface area contributed by atoms with Crippen molar-refractivity contribution in [2.75, 3.05) is 25.1 Å². The second kappa shape index (κ2) is 11.8. The van der Waals surface area contributed by atoms with Crippen LogP contribution in [0.5, 0.6) is 0 Å². The molecule has 0 bridgehead atoms. The van der Waals surface area contributed by atoms with Crippen LogP contribution < -0.4 is 10.6 Å². The first-order chi connectivity index (χ1) is 14.5. The number of hydrogen-bond acceptors (Lipinski definition) is 6. The van der Waals surface area contributed by atoms with E-state index in [1.807, 2.05) is 30.3 Å². The number of nitrogens with one attached hydrogen (secondary N) is 2. The minimum atomic E-state index is -0.773. The van der Waals surface area contributed by atoms with Crippen LogP contribution in [0.25, 0.3) is 6.08 Å². The van der Waals surface area contributed by atoms with Gasteiger partial charge in [0.25, 0.3) is 5.91 Å². The van der Waals surface area contributed by atoms with Crippen LogP contribution in [0, 0.1) is 0 Å². The maximum atomic E-state index is 12.0. The van der Waals surface area contributed by atoms with Gasteiger partial charge in [0, 0.05) is 6.08 Å². The highest BCUT2D eigenvalue weighted by Gasteiger charge is 2.15. The lowest BCUT2D eigenvalue weighted by Crippen LogP contribution is -2.31. The Morgan fingerprint density at radius 2 is 1.63 bits per heavy atom. The van der Waals surface area contributed by atoms with E-state index in [0.717, 1.165) is 5.56 Å². The Kier molecular flexibility index (Phi) is 8.79. The van der Waals surface area contributed by atoms with Crippen molar-refractivity contribution in [3.63, 3.8) is 0 Å². The molecule has 156 valence electrons. The Morgan fingerprint density at radius 1 is 0.933 bits per heavy atom. The van der Waals surface area contributed by atoms with Gasteiger partial charge in [-0.1, -0.05) is 42.5 Å². The highest BCUT2D eigenvalue weighted by atomic mass is 16.5. The molecule has 0 radical (unpaired) electrons. The number of carbonyl (C=O) groups excluding carboxylic acids is 4. The van der Waals surface area contributed by atoms with Crippen LogP contribution in [0.15, 0.2) is 60.7 Å². The van der Waals surface area contributed by atoms with Gasteiger partial charge in [-0.05, 0) is 30.7 Å². The zero-order chi connectivity index (χ0) is 21.8. The van der Waals surface area contributed by atoms with E-state index in [2.05, 4.69) is 10.6 Å². The second-order valence-electron chi connectivity index (χ2n) is 5.94. The van der Waals surface area contributed by atoms with Gasteiger partial charge in [0.2, 0.25) is 5.91 Å². The number of benzene rings is 2. The Labute approximate surface area is 173 Å². The molecule has 2 aromatic rings. The van der Waals surface area contributed by atoms with Crippen molar-refractivity contribution in [1.82, 2.24) is 5.32 Å². The van der Waals surface area contributed by atoms with E-state index < -0.39 is 30.4 Å². The third-order valence-electron chi connectivity index (χ3n) is 3.69. The minimum absolute atomic E-state index is 0.191. The lowest BCUT2D eigenvalue weighted by atomic mass is 10.2. The van der Waals surface area contributed by atoms with Gasteiger partial charge in [0.1, 0.15) is 6.54 Å². The zero-order valence-electron chi connectivity index (χ0n) is 16.4. The van der Waals surface area contributed by atoms with Crippen LogP contribution >= 0.6 is 0 Å². The number of anilines is 1. The fraction of sp³-hybridized carbons (Fsp3) is 0.182. The van der Waals surface area contributed by atoms with Gasteiger partial charge in [0.05, 0.1) is 17.9 Å². The molecule has 0 spiro atoms. The molecule has 0 saturated carbocycles. The molecular weight excluding hydrogens is 388 g/mol. The van der Waals surface area contributed by atoms with E-state index in [9.17, 15) is 19.2 Å². The van der Waals surface area contributed by atoms with E-state index >= 15 is 0 Å². The molecular formula is C22H22N2O6. The standard InChI is InChI=1S/C22H22N2O6/c1-2-29-22(28)17-10-6-7-11-18(17)24-20(26)15-30-21(27)14-23-19(25)13-12-16-8-4-3-5-9-16/h3-13H,2,14-15H2,1H3,(H,23,25)(H,24,26)/b13-12+. The largest absolute Gasteiger partial charge is 0.462 e. The third-order valence-corrected chi connectivity index (χ3v) is 3.69. The Balaban J connectivity index is 1.76. The molecule has 0 aliphatic heterocycles. The minimum Gasteiger partial charge on any atom is -0.462 e. The molecule has 2 aromatic carbocycles. The highest BCUT2D eigenvalue weighted by molar-refractivity contribution is 6.02. The first-order valence-electron chi connectivity index (χ1n) is 9.22. The van der Waals surface area contributed by atoms with Crippen LogP contribution in [0.4, 0.5) is 5.69 Å². The Morgan fingerprint density at radius 3 is 2.37 bits per heavy atom. The van der Waals surface area contributed by atoms with E-state index in [1.165, 1.54) is 18.2 Å². The predicted octanol–water partition coefficient (Wildman–Crippen LogP) is 2.17. The lowest BCUT2D eigenvalue weighted by Gasteiger charge is -2.10. The van der Waals surface area contributed by atoms with Gasteiger partial charge in [-0.2, -0.15) is 0 Å². The molecule has 0 aliphatic rings. The van der Waals surface area contributed by atoms with Crippen molar-refractivity contribution in [1.29, 1.82) is 0 Å². The third kappa shape index (κ3) is 7.59. The molecule has 0 fully saturated rings. The average molecular weight is 410 g/mol. The number of para-hydroxylation sites is 1. The van der Waals surface area contributed by atoms with Crippen molar-refractivity contribution in [2.45, 2.75) is 6.92 Å². The Bertz CT molecular complexity index is 924. The molecule has 30 heavy (non-hydrogen) atoms. The summed E-state index contributed by atoms with van der Waals surface area (Å²) in [6.45, 7) is 0.927. The number of carbonyl (C=O) groups is 4. The summed E-state index contributed by atoms with van der Waals surface area (Å²) in [4.78, 5) is 47.4. The molecule has 0 aliphatic carbocycles. The SMILES string of the molecule is CCOC(=O)c1ccccc1NC(=O)COC(=O)CNC(=O)/C=C/c1ccccc1. The molecule has 0 heterocycles. The highest BCUT2D eigenvalue weighted by Crippen LogP contribution is 2.16. The van der Waals surface area contributed by atoms with E-state index in [4.69, 9.17) is 9.47 Å². The van der Waals surface area contributed by atoms with Crippen molar-refractivity contribution in [2.24, 2.45) is 0 Å². The summed E-state index contributed by atoms with van der Waals surface area (Å²) in [7, 11) is 0. The fourth-order valence-corrected chi connectivity index (χ4v) is 2.32. The van der Waals surface area contributed by atoms with E-state index in [1.54, 1.807) is 25.1 Å². The van der Waals surface area contributed by atoms with E-state index in [-0.39, 0.29) is 24.4 Å². The van der Waals surface area contributed by atoms with Gasteiger partial charge < -0.3 is 20.1 Å². The van der Waals surface area contributed by atoms with Crippen molar-refractivity contribution >= 4 is 35.5 Å². The monoisotopic (exact) mass is 410 g/mol. The summed E-state index contributed by atoms with van der Waals surface area (Å²) in [5.41, 5.74) is 1.28. The normalized spacial score (nSPS) is 10.3. The molecule has 8 heteroatoms. The smallest absolute Gasteiger partial charge is 0.340 e. The van der Waals surface area contributed by atoms with Gasteiger partial charge in [-0.3, -0.25) is 14.4 Å². The molecule has 0 unspecified atom stereocenters. The number of hydrogen-bond donors (Lipinski definition) is 2. The number of ether oxygens (including phenoxy) is 2. The van der Waals surface area contributed by atoms with Gasteiger partial charge in [-0.15, -0.1) is 0 Å². The first-order valence-corrected chi connectivity index (χ1v) is 9.22. The number of esters is 2. The average Bonchev–Trinajstić information content (AvgIpc) is 2.76. The fourth-order valence-electron chi connectivity index (χ4n) is 2.32. The topological polar surface area (TPSA) is 111 Å². The quantitative estimate of drug-likeness (QED) is 0.484. The first kappa shape index (κ1) is 22.4. The van der Waals surface area contributed by atoms with Crippen LogP contribution in [0.1, 0.15) is 22.8 Å². The maximum Gasteiger partial charge on any atom is 0.340 e. The molecule has 8 nitrogen and oxygen atoms in total. The zero-order valence-corrected chi connectivity index (χ0v) is 16.4. The Hall–Kier alpha value is -3.94. The molecule has 0 atom stereocenters. The van der Waals surface area contributed by atoms with Crippen molar-refractivity contribution in [3.8, 4) is 0 Å². The number of rotatable bonds is 9. The van der Waals surface area contributed by atoms with Crippen molar-refractivity contribution < 1.29 is 28.7 Å². The summed E-state index contributed by atoms with van der Waals surface area (Å²) in [5, 5.41) is 4.86. The van der Waals surface area contributed by atoms with Gasteiger partial charge in [-0.25, -0.2) is 4.79 Å². The van der Waals surface area contributed by atoms with Crippen LogP contribution in [-0.2, 0) is 23.9 Å². The molecule has 2 rings (SSSR count). The summed E-state index contributed by atoms with van der Waals surface area (Å²) in [5.74, 6) is -2.44. The second-order valence-corrected chi connectivity index (χ2v) is 5.94. The molecule has 2 N–H and O–H groups in total. The molecule has 0 saturated heterocycles.